The molecule has 2 heterocycles. The molecule has 1 fully saturated rings. The molecule has 2 aliphatic rings. The molecule has 8 heteroatoms. The first-order valence-electron chi connectivity index (χ1n) is 12.8. The molecule has 0 spiro atoms. The first-order chi connectivity index (χ1) is 18.9. The fourth-order valence-corrected chi connectivity index (χ4v) is 6.59. The number of aliphatic hydroxyl groups excluding tert-OH is 3. The molecule has 7 nitrogen and oxygen atoms in total. The van der Waals surface area contributed by atoms with E-state index in [0.717, 1.165) is 26.1 Å². The minimum atomic E-state index is -1.54. The van der Waals surface area contributed by atoms with Crippen molar-refractivity contribution in [2.45, 2.75) is 47.2 Å². The third-order valence-electron chi connectivity index (χ3n) is 7.36. The summed E-state index contributed by atoms with van der Waals surface area (Å²) in [6.45, 7) is 0. The van der Waals surface area contributed by atoms with Gasteiger partial charge in [0, 0.05) is 11.3 Å². The van der Waals surface area contributed by atoms with Gasteiger partial charge in [-0.2, -0.15) is 0 Å². The molecule has 6 rings (SSSR count). The Morgan fingerprint density at radius 2 is 1.38 bits per heavy atom. The van der Waals surface area contributed by atoms with Gasteiger partial charge in [-0.1, -0.05) is 84.6 Å². The first-order valence-corrected chi connectivity index (χ1v) is 13.7. The van der Waals surface area contributed by atoms with Crippen molar-refractivity contribution in [1.82, 2.24) is 4.90 Å². The molecule has 1 saturated heterocycles. The van der Waals surface area contributed by atoms with Crippen LogP contribution in [0.25, 0.3) is 10.8 Å². The highest BCUT2D eigenvalue weighted by Gasteiger charge is 2.54. The van der Waals surface area contributed by atoms with Crippen LogP contribution >= 0.6 is 11.8 Å². The molecule has 0 bridgehead atoms. The van der Waals surface area contributed by atoms with Crippen molar-refractivity contribution in [1.29, 1.82) is 0 Å². The zero-order valence-electron chi connectivity index (χ0n) is 20.8. The summed E-state index contributed by atoms with van der Waals surface area (Å²) in [5, 5.41) is 35.9. The van der Waals surface area contributed by atoms with Gasteiger partial charge in [-0.25, -0.2) is 0 Å². The Hall–Kier alpha value is -3.53. The van der Waals surface area contributed by atoms with Gasteiger partial charge in [-0.15, -0.1) is 0 Å². The molecule has 4 aromatic rings. The molecule has 2 aliphatic heterocycles. The van der Waals surface area contributed by atoms with Gasteiger partial charge in [0.15, 0.2) is 0 Å². The molecule has 4 aromatic carbocycles. The molecule has 0 aliphatic carbocycles. The topological polar surface area (TPSA) is 107 Å². The summed E-state index contributed by atoms with van der Waals surface area (Å²) in [5.41, 5.74) is 0.391. The van der Waals surface area contributed by atoms with E-state index in [1.807, 2.05) is 72.8 Å². The number of imide groups is 1. The SMILES string of the molecule is O=C1c2ccccc2C(=O)N1[C@H]1[C@@H](O)[C@H](O)[C@@H](C(O)Cc2ccc3ccccc3c2)O[C@H]1Sc1ccccc1. The smallest absolute Gasteiger partial charge is 0.262 e. The predicted octanol–water partition coefficient (Wildman–Crippen LogP) is 3.65. The maximum Gasteiger partial charge on any atom is 0.262 e. The Labute approximate surface area is 229 Å². The third-order valence-corrected chi connectivity index (χ3v) is 8.53. The number of carbonyl (C=O) groups excluding carboxylic acids is 2. The van der Waals surface area contributed by atoms with Crippen molar-refractivity contribution in [2.24, 2.45) is 0 Å². The summed E-state index contributed by atoms with van der Waals surface area (Å²) in [6.07, 6.45) is -5.21. The van der Waals surface area contributed by atoms with Crippen molar-refractivity contribution in [3.05, 3.63) is 114 Å². The lowest BCUT2D eigenvalue weighted by Gasteiger charge is -2.46. The second-order valence-corrected chi connectivity index (χ2v) is 11.0. The van der Waals surface area contributed by atoms with Gasteiger partial charge in [0.2, 0.25) is 0 Å². The van der Waals surface area contributed by atoms with Crippen LogP contribution in [-0.4, -0.2) is 67.9 Å². The fraction of sp³-hybridized carbons (Fsp3) is 0.226. The monoisotopic (exact) mass is 541 g/mol. The Balaban J connectivity index is 1.30. The molecule has 0 radical (unpaired) electrons. The maximum absolute atomic E-state index is 13.3. The Morgan fingerprint density at radius 1 is 0.769 bits per heavy atom. The average Bonchev–Trinajstić information content (AvgIpc) is 3.20. The van der Waals surface area contributed by atoms with E-state index in [1.54, 1.807) is 24.3 Å². The third kappa shape index (κ3) is 4.75. The summed E-state index contributed by atoms with van der Waals surface area (Å²) >= 11 is 1.23. The molecule has 2 amide bonds. The lowest BCUT2D eigenvalue weighted by Crippen LogP contribution is -2.65. The van der Waals surface area contributed by atoms with Crippen LogP contribution in [0, 0.1) is 0 Å². The Morgan fingerprint density at radius 3 is 2.08 bits per heavy atom. The lowest BCUT2D eigenvalue weighted by molar-refractivity contribution is -0.199. The molecule has 3 N–H and O–H groups in total. The van der Waals surface area contributed by atoms with Crippen LogP contribution < -0.4 is 0 Å². The normalized spacial score (nSPS) is 25.6. The van der Waals surface area contributed by atoms with E-state index in [4.69, 9.17) is 4.74 Å². The Bertz CT molecular complexity index is 1490. The number of hydrogen-bond donors (Lipinski definition) is 3. The van der Waals surface area contributed by atoms with Crippen LogP contribution in [0.5, 0.6) is 0 Å². The van der Waals surface area contributed by atoms with Gasteiger partial charge in [-0.3, -0.25) is 14.5 Å². The van der Waals surface area contributed by atoms with E-state index in [2.05, 4.69) is 0 Å². The van der Waals surface area contributed by atoms with Gasteiger partial charge in [0.05, 0.1) is 17.2 Å². The lowest BCUT2D eigenvalue weighted by atomic mass is 9.90. The van der Waals surface area contributed by atoms with Crippen LogP contribution in [-0.2, 0) is 11.2 Å². The molecule has 0 saturated carbocycles. The number of ether oxygens (including phenoxy) is 1. The second-order valence-electron chi connectivity index (χ2n) is 9.85. The van der Waals surface area contributed by atoms with Gasteiger partial charge in [0.1, 0.15) is 29.8 Å². The number of amides is 2. The highest BCUT2D eigenvalue weighted by Crippen LogP contribution is 2.39. The van der Waals surface area contributed by atoms with E-state index in [0.29, 0.717) is 0 Å². The van der Waals surface area contributed by atoms with Crippen molar-refractivity contribution >= 4 is 34.3 Å². The summed E-state index contributed by atoms with van der Waals surface area (Å²) in [7, 11) is 0. The minimum Gasteiger partial charge on any atom is -0.390 e. The van der Waals surface area contributed by atoms with Crippen LogP contribution in [0.2, 0.25) is 0 Å². The second kappa shape index (κ2) is 10.6. The van der Waals surface area contributed by atoms with Crippen LogP contribution in [0.1, 0.15) is 26.3 Å². The maximum atomic E-state index is 13.3. The summed E-state index contributed by atoms with van der Waals surface area (Å²) in [6, 6.07) is 28.3. The quantitative estimate of drug-likeness (QED) is 0.320. The number of fused-ring (bicyclic) bond motifs is 2. The molecular formula is C31H27NO6S. The molecule has 6 atom stereocenters. The van der Waals surface area contributed by atoms with Gasteiger partial charge >= 0.3 is 0 Å². The molecule has 198 valence electrons. The number of rotatable bonds is 6. The number of carbonyl (C=O) groups is 2. The number of hydrogen-bond acceptors (Lipinski definition) is 7. The largest absolute Gasteiger partial charge is 0.390 e. The van der Waals surface area contributed by atoms with Gasteiger partial charge < -0.3 is 20.1 Å². The average molecular weight is 542 g/mol. The number of thioether (sulfide) groups is 1. The van der Waals surface area contributed by atoms with Crippen molar-refractivity contribution in [2.75, 3.05) is 0 Å². The summed E-state index contributed by atoms with van der Waals surface area (Å²) in [5.74, 6) is -1.10. The van der Waals surface area contributed by atoms with E-state index in [9.17, 15) is 24.9 Å². The molecular weight excluding hydrogens is 514 g/mol. The summed E-state index contributed by atoms with van der Waals surface area (Å²) < 4.78 is 6.27. The highest BCUT2D eigenvalue weighted by atomic mass is 32.2. The summed E-state index contributed by atoms with van der Waals surface area (Å²) in [4.78, 5) is 28.4. The van der Waals surface area contributed by atoms with Crippen LogP contribution in [0.3, 0.4) is 0 Å². The van der Waals surface area contributed by atoms with Crippen molar-refractivity contribution in [3.63, 3.8) is 0 Å². The van der Waals surface area contributed by atoms with Crippen LogP contribution in [0.15, 0.2) is 102 Å². The van der Waals surface area contributed by atoms with E-state index < -0.39 is 47.7 Å². The number of benzene rings is 4. The Kier molecular flexibility index (Phi) is 6.97. The minimum absolute atomic E-state index is 0.180. The van der Waals surface area contributed by atoms with Gasteiger partial charge in [-0.05, 0) is 40.6 Å². The number of nitrogens with zero attached hydrogens (tertiary/aromatic N) is 1. The van der Waals surface area contributed by atoms with E-state index in [1.165, 1.54) is 11.8 Å². The highest BCUT2D eigenvalue weighted by molar-refractivity contribution is 7.99. The predicted molar refractivity (Wildman–Crippen MR) is 147 cm³/mol. The number of aliphatic hydroxyl groups is 3. The first kappa shape index (κ1) is 25.7. The van der Waals surface area contributed by atoms with Crippen LogP contribution in [0.4, 0.5) is 0 Å². The van der Waals surface area contributed by atoms with Crippen molar-refractivity contribution in [3.8, 4) is 0 Å². The molecule has 1 unspecified atom stereocenters. The zero-order valence-corrected chi connectivity index (χ0v) is 21.6. The van der Waals surface area contributed by atoms with Crippen molar-refractivity contribution < 1.29 is 29.6 Å². The fourth-order valence-electron chi connectivity index (χ4n) is 5.40. The standard InChI is InChI=1S/C31H27NO6S/c33-24(17-18-14-15-19-8-4-5-9-20(19)16-18)28-27(35)26(34)25(31(38-28)39-21-10-2-1-3-11-21)32-29(36)22-12-6-7-13-23(22)30(32)37/h1-16,24-28,31,33-35H,17H2/t24?,25-,26+,27-,28+,31-/m0/s1. The van der Waals surface area contributed by atoms with E-state index >= 15 is 0 Å². The molecule has 39 heavy (non-hydrogen) atoms. The van der Waals surface area contributed by atoms with Gasteiger partial charge in [0.25, 0.3) is 11.8 Å². The van der Waals surface area contributed by atoms with E-state index in [-0.39, 0.29) is 17.5 Å². The molecule has 0 aromatic heterocycles. The zero-order chi connectivity index (χ0) is 27.1.